The predicted molar refractivity (Wildman–Crippen MR) is 253 cm³/mol. The molecule has 20 heterocycles. The van der Waals surface area contributed by atoms with E-state index in [2.05, 4.69) is 147 Å². The molecule has 16 aliphatic heterocycles. The fourth-order valence-electron chi connectivity index (χ4n) is 8.19. The van der Waals surface area contributed by atoms with Gasteiger partial charge in [-0.3, -0.25) is 0 Å². The fraction of sp³-hybridized carbons (Fsp3) is 0.232. The maximum atomic E-state index is 13.9. The van der Waals surface area contributed by atoms with Gasteiger partial charge in [-0.25, -0.2) is 23.1 Å². The number of aromatic nitrogens is 4. The SMILES string of the molecule is COCCOCCOc1cccc2c(OCCOCCOC(=O)c3cc4ccc3C[n+]3ccc(cc3)-c3cc[n+](cc3)Cc3ccc(cc3)C[n+]3ccc(cc3)-c3cc[n+](cc3)C4)cccc12. The lowest BCUT2D eigenvalue weighted by atomic mass is 10.0. The zero-order chi connectivity index (χ0) is 45.6. The Hall–Kier alpha value is -7.31. The van der Waals surface area contributed by atoms with Gasteiger partial charge in [0.1, 0.15) is 31.3 Å². The summed E-state index contributed by atoms with van der Waals surface area (Å²) in [5.74, 6) is 1.12. The van der Waals surface area contributed by atoms with Crippen LogP contribution >= 0.6 is 0 Å². The van der Waals surface area contributed by atoms with Gasteiger partial charge in [-0.2, -0.15) is 0 Å². The van der Waals surface area contributed by atoms with E-state index in [1.54, 1.807) is 7.11 Å². The lowest BCUT2D eigenvalue weighted by molar-refractivity contribution is -0.689. The monoisotopic (exact) mass is 896 g/mol. The molecule has 0 atom stereocenters. The number of rotatable bonds is 15. The normalized spacial score (nSPS) is 12.1. The number of pyridine rings is 4. The Morgan fingerprint density at radius 3 is 1.30 bits per heavy atom. The van der Waals surface area contributed by atoms with Crippen LogP contribution in [0.3, 0.4) is 0 Å². The first-order valence-corrected chi connectivity index (χ1v) is 22.8. The van der Waals surface area contributed by atoms with Crippen molar-refractivity contribution in [1.29, 1.82) is 0 Å². The summed E-state index contributed by atoms with van der Waals surface area (Å²) in [5, 5.41) is 1.90. The topological polar surface area (TPSA) is 88.0 Å². The fourth-order valence-corrected chi connectivity index (χ4v) is 8.19. The standard InChI is InChI=1S/C56H56N4O7/c1-62-30-31-63-32-35-65-54-6-2-5-52-51(54)4-3-7-55(52)66-36-33-64-34-37-67-56(61)53-38-45-12-13-50(53)42-60-28-20-49(21-29-60)47-16-24-58(25-17-47)40-44-10-8-43(9-11-44)39-57-22-14-46(15-23-57)48-18-26-59(41-45)27-19-48/h2-29,38H,30-37,39-42H2,1H3/q+4. The van der Waals surface area contributed by atoms with Crippen LogP contribution in [0.4, 0.5) is 0 Å². The summed E-state index contributed by atoms with van der Waals surface area (Å²) in [7, 11) is 1.65. The van der Waals surface area contributed by atoms with Crippen LogP contribution in [0, 0.1) is 0 Å². The molecule has 67 heavy (non-hydrogen) atoms. The Kier molecular flexibility index (Phi) is 14.9. The minimum absolute atomic E-state index is 0.105. The van der Waals surface area contributed by atoms with E-state index in [0.29, 0.717) is 58.3 Å². The van der Waals surface area contributed by atoms with Gasteiger partial charge in [-0.05, 0) is 40.5 Å². The van der Waals surface area contributed by atoms with Crippen molar-refractivity contribution in [2.75, 3.05) is 60.0 Å². The highest BCUT2D eigenvalue weighted by molar-refractivity contribution is 5.93. The molecule has 0 saturated heterocycles. The lowest BCUT2D eigenvalue weighted by Gasteiger charge is -2.13. The summed E-state index contributed by atoms with van der Waals surface area (Å²) in [6.45, 7) is 5.65. The van der Waals surface area contributed by atoms with Gasteiger partial charge >= 0.3 is 5.97 Å². The van der Waals surface area contributed by atoms with E-state index in [-0.39, 0.29) is 19.2 Å². The quantitative estimate of drug-likeness (QED) is 0.0616. The van der Waals surface area contributed by atoms with Crippen LogP contribution in [0.2, 0.25) is 0 Å². The van der Waals surface area contributed by atoms with E-state index in [1.165, 1.54) is 11.1 Å². The molecule has 0 N–H and O–H groups in total. The molecule has 0 fully saturated rings. The van der Waals surface area contributed by atoms with Gasteiger partial charge in [0.2, 0.25) is 0 Å². The van der Waals surface area contributed by atoms with Crippen LogP contribution in [0.5, 0.6) is 11.5 Å². The smallest absolute Gasteiger partial charge is 0.338 e. The number of nitrogens with zero attached hydrogens (tertiary/aromatic N) is 4. The number of esters is 1. The number of hydrogen-bond acceptors (Lipinski definition) is 7. The summed E-state index contributed by atoms with van der Waals surface area (Å²) in [5.41, 5.74) is 9.41. The molecule has 0 amide bonds. The highest BCUT2D eigenvalue weighted by Crippen LogP contribution is 2.32. The number of carbonyl (C=O) groups excluding carboxylic acids is 1. The molecule has 16 aliphatic rings. The van der Waals surface area contributed by atoms with Gasteiger partial charge in [-0.15, -0.1) is 0 Å². The second-order valence-corrected chi connectivity index (χ2v) is 16.5. The first-order valence-electron chi connectivity index (χ1n) is 22.8. The third kappa shape index (κ3) is 11.9. The highest BCUT2D eigenvalue weighted by atomic mass is 16.6. The number of ether oxygens (including phenoxy) is 6. The third-order valence-corrected chi connectivity index (χ3v) is 11.8. The van der Waals surface area contributed by atoms with Crippen molar-refractivity contribution >= 4 is 16.7 Å². The van der Waals surface area contributed by atoms with Crippen LogP contribution < -0.4 is 27.7 Å². The summed E-state index contributed by atoms with van der Waals surface area (Å²) in [6, 6.07) is 43.9. The molecule has 12 bridgehead atoms. The predicted octanol–water partition coefficient (Wildman–Crippen LogP) is 7.12. The van der Waals surface area contributed by atoms with Crippen molar-refractivity contribution < 1.29 is 51.5 Å². The minimum Gasteiger partial charge on any atom is -0.491 e. The summed E-state index contributed by atoms with van der Waals surface area (Å²) >= 11 is 0. The Labute approximate surface area is 391 Å². The molecule has 8 aromatic rings. The van der Waals surface area contributed by atoms with E-state index >= 15 is 0 Å². The molecular weight excluding hydrogens is 841 g/mol. The van der Waals surface area contributed by atoms with Crippen molar-refractivity contribution in [2.45, 2.75) is 26.2 Å². The first-order chi connectivity index (χ1) is 33.0. The van der Waals surface area contributed by atoms with E-state index in [0.717, 1.165) is 68.7 Å². The molecular formula is C56H56N4O7+4. The molecule has 4 aromatic carbocycles. The second-order valence-electron chi connectivity index (χ2n) is 16.5. The summed E-state index contributed by atoms with van der Waals surface area (Å²) < 4.78 is 43.1. The van der Waals surface area contributed by atoms with Crippen LogP contribution in [0.1, 0.15) is 32.6 Å². The molecule has 0 aliphatic carbocycles. The molecule has 0 unspecified atom stereocenters. The van der Waals surface area contributed by atoms with E-state index in [1.807, 2.05) is 48.5 Å². The molecule has 338 valence electrons. The Morgan fingerprint density at radius 2 is 0.836 bits per heavy atom. The zero-order valence-corrected chi connectivity index (χ0v) is 37.9. The first kappa shape index (κ1) is 44.9. The molecule has 11 nitrogen and oxygen atoms in total. The number of methoxy groups -OCH3 is 1. The molecule has 0 radical (unpaired) electrons. The molecule has 11 heteroatoms. The molecule has 0 saturated carbocycles. The highest BCUT2D eigenvalue weighted by Gasteiger charge is 2.19. The third-order valence-electron chi connectivity index (χ3n) is 11.8. The lowest BCUT2D eigenvalue weighted by Crippen LogP contribution is -2.35. The Balaban J connectivity index is 0.855. The number of fused-ring (bicyclic) bond motifs is 1. The maximum Gasteiger partial charge on any atom is 0.338 e. The van der Waals surface area contributed by atoms with Gasteiger partial charge in [0.15, 0.2) is 75.8 Å². The van der Waals surface area contributed by atoms with E-state index in [9.17, 15) is 4.79 Å². The second kappa shape index (κ2) is 22.3. The molecule has 24 rings (SSSR count). The number of carbonyl (C=O) groups is 1. The average Bonchev–Trinajstić information content (AvgIpc) is 3.36. The van der Waals surface area contributed by atoms with Crippen LogP contribution in [-0.2, 0) is 45.1 Å². The van der Waals surface area contributed by atoms with Crippen molar-refractivity contribution in [3.05, 3.63) is 205 Å². The summed E-state index contributed by atoms with van der Waals surface area (Å²) in [4.78, 5) is 13.9. The van der Waals surface area contributed by atoms with E-state index < -0.39 is 0 Å². The summed E-state index contributed by atoms with van der Waals surface area (Å²) in [6.07, 6.45) is 16.8. The van der Waals surface area contributed by atoms with Gasteiger partial charge in [-0.1, -0.05) is 60.7 Å². The van der Waals surface area contributed by atoms with Gasteiger partial charge in [0.05, 0.1) is 38.6 Å². The largest absolute Gasteiger partial charge is 0.491 e. The van der Waals surface area contributed by atoms with Crippen molar-refractivity contribution in [2.24, 2.45) is 0 Å². The average molecular weight is 897 g/mol. The number of hydrogen-bond donors (Lipinski definition) is 0. The van der Waals surface area contributed by atoms with Crippen molar-refractivity contribution in [3.63, 3.8) is 0 Å². The van der Waals surface area contributed by atoms with Gasteiger partial charge in [0.25, 0.3) is 0 Å². The molecule has 4 aromatic heterocycles. The van der Waals surface area contributed by atoms with Crippen LogP contribution in [-0.4, -0.2) is 65.9 Å². The van der Waals surface area contributed by atoms with Crippen LogP contribution in [0.25, 0.3) is 33.0 Å². The minimum atomic E-state index is -0.390. The molecule has 0 spiro atoms. The van der Waals surface area contributed by atoms with Crippen molar-refractivity contribution in [3.8, 4) is 33.8 Å². The van der Waals surface area contributed by atoms with Gasteiger partial charge < -0.3 is 28.4 Å². The maximum absolute atomic E-state index is 13.9. The van der Waals surface area contributed by atoms with Gasteiger partial charge in [0, 0.05) is 88.7 Å². The zero-order valence-electron chi connectivity index (χ0n) is 37.9. The van der Waals surface area contributed by atoms with Crippen LogP contribution in [0.15, 0.2) is 177 Å². The number of benzene rings is 4. The Morgan fingerprint density at radius 1 is 0.433 bits per heavy atom. The van der Waals surface area contributed by atoms with Crippen molar-refractivity contribution in [1.82, 2.24) is 0 Å². The van der Waals surface area contributed by atoms with E-state index in [4.69, 9.17) is 28.4 Å². The Bertz CT molecular complexity index is 2870.